The van der Waals surface area contributed by atoms with Crippen molar-refractivity contribution in [3.63, 3.8) is 0 Å². The Kier molecular flexibility index (Phi) is 5.51. The summed E-state index contributed by atoms with van der Waals surface area (Å²) in [5.41, 5.74) is 3.30. The standard InChI is InChI=1S/C19H24FN/c1-14(2)21-13-17(18-6-4-5-7-19(18)20)12-16-10-8-15(3)9-11-16/h4-11,14,17,21H,12-13H2,1-3H3. The maximum absolute atomic E-state index is 14.1. The average molecular weight is 285 g/mol. The lowest BCUT2D eigenvalue weighted by atomic mass is 9.91. The van der Waals surface area contributed by atoms with E-state index in [9.17, 15) is 4.39 Å². The third-order valence-electron chi connectivity index (χ3n) is 3.72. The molecule has 0 saturated carbocycles. The van der Waals surface area contributed by atoms with Crippen LogP contribution in [0.1, 0.15) is 36.5 Å². The summed E-state index contributed by atoms with van der Waals surface area (Å²) < 4.78 is 14.1. The molecule has 0 aliphatic carbocycles. The fourth-order valence-electron chi connectivity index (χ4n) is 2.48. The lowest BCUT2D eigenvalue weighted by molar-refractivity contribution is 0.505. The Balaban J connectivity index is 2.19. The maximum Gasteiger partial charge on any atom is 0.126 e. The van der Waals surface area contributed by atoms with Crippen LogP contribution in [0.4, 0.5) is 4.39 Å². The van der Waals surface area contributed by atoms with Crippen molar-refractivity contribution < 1.29 is 4.39 Å². The Morgan fingerprint density at radius 2 is 1.67 bits per heavy atom. The zero-order chi connectivity index (χ0) is 15.2. The van der Waals surface area contributed by atoms with Crippen LogP contribution in [0, 0.1) is 12.7 Å². The summed E-state index contributed by atoms with van der Waals surface area (Å²) in [6.45, 7) is 7.10. The third-order valence-corrected chi connectivity index (χ3v) is 3.72. The maximum atomic E-state index is 14.1. The van der Waals surface area contributed by atoms with E-state index in [0.717, 1.165) is 18.5 Å². The highest BCUT2D eigenvalue weighted by Crippen LogP contribution is 2.23. The van der Waals surface area contributed by atoms with Crippen molar-refractivity contribution in [2.75, 3.05) is 6.54 Å². The van der Waals surface area contributed by atoms with E-state index in [1.165, 1.54) is 11.1 Å². The first kappa shape index (κ1) is 15.7. The first-order valence-corrected chi connectivity index (χ1v) is 7.59. The molecule has 1 atom stereocenters. The van der Waals surface area contributed by atoms with Gasteiger partial charge in [-0.25, -0.2) is 4.39 Å². The van der Waals surface area contributed by atoms with Gasteiger partial charge < -0.3 is 5.32 Å². The van der Waals surface area contributed by atoms with Gasteiger partial charge in [-0.1, -0.05) is 61.9 Å². The molecule has 0 aliphatic heterocycles. The number of halogens is 1. The summed E-state index contributed by atoms with van der Waals surface area (Å²) in [6.07, 6.45) is 0.848. The van der Waals surface area contributed by atoms with Crippen molar-refractivity contribution >= 4 is 0 Å². The van der Waals surface area contributed by atoms with E-state index < -0.39 is 0 Å². The molecule has 0 aliphatic rings. The van der Waals surface area contributed by atoms with Crippen molar-refractivity contribution in [2.45, 2.75) is 39.2 Å². The van der Waals surface area contributed by atoms with Crippen molar-refractivity contribution in [2.24, 2.45) is 0 Å². The summed E-state index contributed by atoms with van der Waals surface area (Å²) in [4.78, 5) is 0. The predicted molar refractivity (Wildman–Crippen MR) is 87.2 cm³/mol. The smallest absolute Gasteiger partial charge is 0.126 e. The molecule has 2 aromatic carbocycles. The minimum Gasteiger partial charge on any atom is -0.314 e. The molecule has 1 unspecified atom stereocenters. The minimum absolute atomic E-state index is 0.111. The van der Waals surface area contributed by atoms with Gasteiger partial charge in [0.2, 0.25) is 0 Å². The number of rotatable bonds is 6. The van der Waals surface area contributed by atoms with Crippen LogP contribution < -0.4 is 5.32 Å². The first-order valence-electron chi connectivity index (χ1n) is 7.59. The molecule has 1 nitrogen and oxygen atoms in total. The van der Waals surface area contributed by atoms with Crippen LogP contribution in [0.25, 0.3) is 0 Å². The molecule has 0 fully saturated rings. The van der Waals surface area contributed by atoms with Crippen LogP contribution in [0.5, 0.6) is 0 Å². The zero-order valence-corrected chi connectivity index (χ0v) is 13.1. The van der Waals surface area contributed by atoms with Crippen LogP contribution in [0.2, 0.25) is 0 Å². The fourth-order valence-corrected chi connectivity index (χ4v) is 2.48. The zero-order valence-electron chi connectivity index (χ0n) is 13.1. The minimum atomic E-state index is -0.111. The Morgan fingerprint density at radius 3 is 2.29 bits per heavy atom. The van der Waals surface area contributed by atoms with Crippen LogP contribution in [-0.4, -0.2) is 12.6 Å². The van der Waals surface area contributed by atoms with E-state index >= 15 is 0 Å². The highest BCUT2D eigenvalue weighted by atomic mass is 19.1. The second kappa shape index (κ2) is 7.37. The molecular weight excluding hydrogens is 261 g/mol. The van der Waals surface area contributed by atoms with Gasteiger partial charge in [0.25, 0.3) is 0 Å². The number of aryl methyl sites for hydroxylation is 1. The predicted octanol–water partition coefficient (Wildman–Crippen LogP) is 4.46. The molecule has 0 radical (unpaired) electrons. The van der Waals surface area contributed by atoms with Gasteiger partial charge in [0.15, 0.2) is 0 Å². The third kappa shape index (κ3) is 4.68. The highest BCUT2D eigenvalue weighted by molar-refractivity contribution is 5.27. The van der Waals surface area contributed by atoms with Crippen LogP contribution in [0.15, 0.2) is 48.5 Å². The van der Waals surface area contributed by atoms with Gasteiger partial charge in [-0.3, -0.25) is 0 Å². The Hall–Kier alpha value is -1.67. The summed E-state index contributed by atoms with van der Waals surface area (Å²) in [5.74, 6) is 0.0384. The molecule has 1 N–H and O–H groups in total. The first-order chi connectivity index (χ1) is 10.1. The fraction of sp³-hybridized carbons (Fsp3) is 0.368. The monoisotopic (exact) mass is 285 g/mol. The number of hydrogen-bond donors (Lipinski definition) is 1. The molecule has 0 bridgehead atoms. The van der Waals surface area contributed by atoms with Crippen molar-refractivity contribution in [3.8, 4) is 0 Å². The van der Waals surface area contributed by atoms with Crippen molar-refractivity contribution in [1.29, 1.82) is 0 Å². The molecule has 2 heteroatoms. The number of nitrogens with one attached hydrogen (secondary N) is 1. The van der Waals surface area contributed by atoms with Gasteiger partial charge in [-0.05, 0) is 30.5 Å². The van der Waals surface area contributed by atoms with Crippen molar-refractivity contribution in [3.05, 3.63) is 71.0 Å². The van der Waals surface area contributed by atoms with Gasteiger partial charge in [-0.15, -0.1) is 0 Å². The van der Waals surface area contributed by atoms with Gasteiger partial charge in [0, 0.05) is 18.5 Å². The molecule has 0 aromatic heterocycles. The van der Waals surface area contributed by atoms with Gasteiger partial charge in [0.05, 0.1) is 0 Å². The number of benzene rings is 2. The van der Waals surface area contributed by atoms with E-state index in [0.29, 0.717) is 6.04 Å². The lowest BCUT2D eigenvalue weighted by Gasteiger charge is -2.20. The second-order valence-corrected chi connectivity index (χ2v) is 5.97. The molecule has 2 rings (SSSR count). The molecular formula is C19H24FN. The van der Waals surface area contributed by atoms with Gasteiger partial charge in [0.1, 0.15) is 5.82 Å². The molecule has 0 heterocycles. The molecule has 2 aromatic rings. The molecule has 21 heavy (non-hydrogen) atoms. The SMILES string of the molecule is Cc1ccc(CC(CNC(C)C)c2ccccc2F)cc1. The average Bonchev–Trinajstić information content (AvgIpc) is 2.46. The Bertz CT molecular complexity index is 560. The summed E-state index contributed by atoms with van der Waals surface area (Å²) in [5, 5.41) is 3.44. The van der Waals surface area contributed by atoms with Crippen LogP contribution in [0.3, 0.4) is 0 Å². The normalized spacial score (nSPS) is 12.6. The summed E-state index contributed by atoms with van der Waals surface area (Å²) in [6, 6.07) is 16.0. The van der Waals surface area contributed by atoms with E-state index in [1.54, 1.807) is 12.1 Å². The quantitative estimate of drug-likeness (QED) is 0.826. The van der Waals surface area contributed by atoms with Gasteiger partial charge in [-0.2, -0.15) is 0 Å². The van der Waals surface area contributed by atoms with E-state index in [-0.39, 0.29) is 11.7 Å². The molecule has 0 spiro atoms. The lowest BCUT2D eigenvalue weighted by Crippen LogP contribution is -2.29. The molecule has 0 amide bonds. The topological polar surface area (TPSA) is 12.0 Å². The van der Waals surface area contributed by atoms with Crippen LogP contribution in [-0.2, 0) is 6.42 Å². The summed E-state index contributed by atoms with van der Waals surface area (Å²) >= 11 is 0. The van der Waals surface area contributed by atoms with Gasteiger partial charge >= 0.3 is 0 Å². The molecule has 112 valence electrons. The Morgan fingerprint density at radius 1 is 1.00 bits per heavy atom. The van der Waals surface area contributed by atoms with Crippen LogP contribution >= 0.6 is 0 Å². The second-order valence-electron chi connectivity index (χ2n) is 5.97. The van der Waals surface area contributed by atoms with E-state index in [1.807, 2.05) is 12.1 Å². The number of hydrogen-bond acceptors (Lipinski definition) is 1. The molecule has 0 saturated heterocycles. The van der Waals surface area contributed by atoms with E-state index in [4.69, 9.17) is 0 Å². The Labute approximate surface area is 127 Å². The summed E-state index contributed by atoms with van der Waals surface area (Å²) in [7, 11) is 0. The van der Waals surface area contributed by atoms with E-state index in [2.05, 4.69) is 50.4 Å². The largest absolute Gasteiger partial charge is 0.314 e. The van der Waals surface area contributed by atoms with Crippen molar-refractivity contribution in [1.82, 2.24) is 5.32 Å². The highest BCUT2D eigenvalue weighted by Gasteiger charge is 2.16.